The van der Waals surface area contributed by atoms with Crippen molar-refractivity contribution in [3.05, 3.63) is 59.7 Å². The number of rotatable bonds is 9. The molecule has 1 amide bonds. The Hall–Kier alpha value is -2.84. The van der Waals surface area contributed by atoms with Gasteiger partial charge in [-0.15, -0.1) is 0 Å². The minimum atomic E-state index is -3.58. The van der Waals surface area contributed by atoms with Gasteiger partial charge in [0.15, 0.2) is 0 Å². The highest BCUT2D eigenvalue weighted by Crippen LogP contribution is 2.25. The van der Waals surface area contributed by atoms with Gasteiger partial charge in [0, 0.05) is 30.3 Å². The van der Waals surface area contributed by atoms with Gasteiger partial charge in [0.2, 0.25) is 15.9 Å². The van der Waals surface area contributed by atoms with Gasteiger partial charge in [-0.05, 0) is 49.8 Å². The highest BCUT2D eigenvalue weighted by Gasteiger charge is 2.15. The fraction of sp³-hybridized carbons (Fsp3) is 0.286. The van der Waals surface area contributed by atoms with E-state index in [1.807, 2.05) is 0 Å². The molecule has 29 heavy (non-hydrogen) atoms. The monoisotopic (exact) mass is 418 g/mol. The third-order valence-electron chi connectivity index (χ3n) is 3.92. The maximum absolute atomic E-state index is 12.3. The van der Waals surface area contributed by atoms with Gasteiger partial charge < -0.3 is 14.8 Å². The lowest BCUT2D eigenvalue weighted by Crippen LogP contribution is -2.30. The molecule has 0 fully saturated rings. The summed E-state index contributed by atoms with van der Waals surface area (Å²) >= 11 is 0. The van der Waals surface area contributed by atoms with Gasteiger partial charge in [-0.3, -0.25) is 4.79 Å². The van der Waals surface area contributed by atoms with Gasteiger partial charge >= 0.3 is 0 Å². The molecule has 156 valence electrons. The molecule has 0 aliphatic rings. The number of amides is 1. The number of ether oxygens (including phenoxy) is 2. The van der Waals surface area contributed by atoms with Crippen LogP contribution in [-0.4, -0.2) is 34.6 Å². The van der Waals surface area contributed by atoms with Gasteiger partial charge in [0.05, 0.1) is 19.1 Å². The number of hydrogen-bond acceptors (Lipinski definition) is 5. The van der Waals surface area contributed by atoms with Crippen molar-refractivity contribution < 1.29 is 22.7 Å². The summed E-state index contributed by atoms with van der Waals surface area (Å²) in [5.74, 6) is 0.936. The van der Waals surface area contributed by atoms with Crippen LogP contribution in [0.1, 0.15) is 25.0 Å². The van der Waals surface area contributed by atoms with Gasteiger partial charge in [-0.25, -0.2) is 13.1 Å². The van der Waals surface area contributed by atoms with E-state index in [1.54, 1.807) is 70.5 Å². The molecule has 0 unspecified atom stereocenters. The number of nitrogens with one attached hydrogen (secondary N) is 2. The molecule has 0 bridgehead atoms. The Bertz CT molecular complexity index is 984. The summed E-state index contributed by atoms with van der Waals surface area (Å²) in [6, 6.07) is 11.6. The van der Waals surface area contributed by atoms with Gasteiger partial charge in [0.25, 0.3) is 0 Å². The highest BCUT2D eigenvalue weighted by atomic mass is 32.2. The number of benzene rings is 2. The topological polar surface area (TPSA) is 93.7 Å². The van der Waals surface area contributed by atoms with E-state index in [9.17, 15) is 13.2 Å². The average Bonchev–Trinajstić information content (AvgIpc) is 2.69. The molecule has 0 heterocycles. The van der Waals surface area contributed by atoms with Crippen LogP contribution in [0.3, 0.4) is 0 Å². The summed E-state index contributed by atoms with van der Waals surface area (Å²) in [4.78, 5) is 12.3. The van der Waals surface area contributed by atoms with Crippen molar-refractivity contribution in [2.24, 2.45) is 0 Å². The van der Waals surface area contributed by atoms with Crippen LogP contribution < -0.4 is 19.5 Å². The van der Waals surface area contributed by atoms with Crippen LogP contribution in [0.5, 0.6) is 11.5 Å². The van der Waals surface area contributed by atoms with Crippen molar-refractivity contribution in [1.29, 1.82) is 0 Å². The number of carbonyl (C=O) groups is 1. The van der Waals surface area contributed by atoms with Crippen molar-refractivity contribution in [3.63, 3.8) is 0 Å². The van der Waals surface area contributed by atoms with Crippen molar-refractivity contribution in [3.8, 4) is 11.5 Å². The smallest absolute Gasteiger partial charge is 0.244 e. The molecule has 0 saturated heterocycles. The fourth-order valence-corrected chi connectivity index (χ4v) is 3.89. The molecule has 0 aliphatic heterocycles. The quantitative estimate of drug-likeness (QED) is 0.611. The summed E-state index contributed by atoms with van der Waals surface area (Å²) in [7, 11) is -0.472. The molecule has 0 spiro atoms. The molecule has 0 atom stereocenters. The van der Waals surface area contributed by atoms with Gasteiger partial charge in [-0.2, -0.15) is 0 Å². The Balaban J connectivity index is 2.03. The van der Waals surface area contributed by atoms with E-state index >= 15 is 0 Å². The zero-order valence-electron chi connectivity index (χ0n) is 16.9. The third kappa shape index (κ3) is 6.62. The van der Waals surface area contributed by atoms with E-state index in [1.165, 1.54) is 12.1 Å². The van der Waals surface area contributed by atoms with Crippen molar-refractivity contribution >= 4 is 22.0 Å². The maximum Gasteiger partial charge on any atom is 0.244 e. The van der Waals surface area contributed by atoms with Crippen LogP contribution in [0.4, 0.5) is 0 Å². The minimum absolute atomic E-state index is 0.163. The predicted molar refractivity (Wildman–Crippen MR) is 112 cm³/mol. The zero-order chi connectivity index (χ0) is 21.4. The van der Waals surface area contributed by atoms with Crippen LogP contribution in [-0.2, 0) is 21.4 Å². The van der Waals surface area contributed by atoms with Crippen LogP contribution >= 0.6 is 0 Å². The van der Waals surface area contributed by atoms with E-state index in [2.05, 4.69) is 10.0 Å². The Morgan fingerprint density at radius 3 is 2.52 bits per heavy atom. The summed E-state index contributed by atoms with van der Waals surface area (Å²) in [6.45, 7) is 3.71. The zero-order valence-corrected chi connectivity index (χ0v) is 17.7. The summed E-state index contributed by atoms with van der Waals surface area (Å²) in [5, 5.41) is 2.74. The summed E-state index contributed by atoms with van der Waals surface area (Å²) in [5.41, 5.74) is 1.41. The standard InChI is InChI=1S/C21H26N2O5S/c1-15(2)23-29(25,26)19-7-5-6-16(12-19)14-22-21(24)11-9-17-8-10-18(27-3)13-20(17)28-4/h5-13,15,23H,14H2,1-4H3,(H,22,24)/b11-9+. The van der Waals surface area contributed by atoms with E-state index < -0.39 is 10.0 Å². The largest absolute Gasteiger partial charge is 0.497 e. The SMILES string of the molecule is COc1ccc(/C=C/C(=O)NCc2cccc(S(=O)(=O)NC(C)C)c2)c(OC)c1. The Morgan fingerprint density at radius 1 is 1.10 bits per heavy atom. The molecule has 2 aromatic rings. The second-order valence-electron chi connectivity index (χ2n) is 6.58. The number of hydrogen-bond donors (Lipinski definition) is 2. The lowest BCUT2D eigenvalue weighted by molar-refractivity contribution is -0.116. The van der Waals surface area contributed by atoms with Crippen molar-refractivity contribution in [1.82, 2.24) is 10.0 Å². The van der Waals surface area contributed by atoms with Crippen molar-refractivity contribution in [2.75, 3.05) is 14.2 Å². The Labute approximate surface area is 171 Å². The first-order valence-corrected chi connectivity index (χ1v) is 10.5. The van der Waals surface area contributed by atoms with Gasteiger partial charge in [0.1, 0.15) is 11.5 Å². The number of sulfonamides is 1. The lowest BCUT2D eigenvalue weighted by Gasteiger charge is -2.11. The summed E-state index contributed by atoms with van der Waals surface area (Å²) < 4.78 is 37.5. The first-order valence-electron chi connectivity index (χ1n) is 9.04. The molecule has 2 rings (SSSR count). The fourth-order valence-electron chi connectivity index (χ4n) is 2.57. The maximum atomic E-state index is 12.3. The predicted octanol–water partition coefficient (Wildman–Crippen LogP) is 2.72. The Kier molecular flexibility index (Phi) is 7.81. The highest BCUT2D eigenvalue weighted by molar-refractivity contribution is 7.89. The van der Waals surface area contributed by atoms with Crippen LogP contribution in [0, 0.1) is 0 Å². The van der Waals surface area contributed by atoms with Crippen LogP contribution in [0.25, 0.3) is 6.08 Å². The number of carbonyl (C=O) groups excluding carboxylic acids is 1. The van der Waals surface area contributed by atoms with Crippen LogP contribution in [0.2, 0.25) is 0 Å². The first kappa shape index (κ1) is 22.4. The van der Waals surface area contributed by atoms with Gasteiger partial charge in [-0.1, -0.05) is 12.1 Å². The molecule has 0 saturated carbocycles. The molecule has 8 heteroatoms. The molecular formula is C21H26N2O5S. The minimum Gasteiger partial charge on any atom is -0.497 e. The van der Waals surface area contributed by atoms with E-state index in [-0.39, 0.29) is 23.4 Å². The average molecular weight is 419 g/mol. The van der Waals surface area contributed by atoms with Crippen molar-refractivity contribution in [2.45, 2.75) is 31.3 Å². The first-order chi connectivity index (χ1) is 13.7. The second kappa shape index (κ2) is 10.1. The van der Waals surface area contributed by atoms with E-state index in [0.717, 1.165) is 5.56 Å². The molecule has 7 nitrogen and oxygen atoms in total. The Morgan fingerprint density at radius 2 is 1.86 bits per heavy atom. The second-order valence-corrected chi connectivity index (χ2v) is 8.30. The van der Waals surface area contributed by atoms with Crippen LogP contribution in [0.15, 0.2) is 53.4 Å². The lowest BCUT2D eigenvalue weighted by atomic mass is 10.1. The molecule has 0 aromatic heterocycles. The molecule has 2 aromatic carbocycles. The number of methoxy groups -OCH3 is 2. The molecule has 0 radical (unpaired) electrons. The molecule has 0 aliphatic carbocycles. The summed E-state index contributed by atoms with van der Waals surface area (Å²) in [6.07, 6.45) is 3.03. The normalized spacial score (nSPS) is 11.6. The van der Waals surface area contributed by atoms with E-state index in [0.29, 0.717) is 17.1 Å². The molecular weight excluding hydrogens is 392 g/mol. The van der Waals surface area contributed by atoms with E-state index in [4.69, 9.17) is 9.47 Å². The molecule has 2 N–H and O–H groups in total. The third-order valence-corrected chi connectivity index (χ3v) is 5.58.